The van der Waals surface area contributed by atoms with E-state index < -0.39 is 0 Å². The van der Waals surface area contributed by atoms with Crippen molar-refractivity contribution in [2.24, 2.45) is 11.5 Å². The van der Waals surface area contributed by atoms with Crippen molar-refractivity contribution in [3.05, 3.63) is 118 Å². The number of nitrogens with two attached hydrogens (primary N) is 2. The normalized spacial score (nSPS) is 11.8. The maximum absolute atomic E-state index is 12.5. The second-order valence-corrected chi connectivity index (χ2v) is 11.0. The number of aryl methyl sites for hydroxylation is 2. The van der Waals surface area contributed by atoms with Crippen LogP contribution in [0.15, 0.2) is 90.7 Å². The van der Waals surface area contributed by atoms with Gasteiger partial charge in [0, 0.05) is 31.1 Å². The summed E-state index contributed by atoms with van der Waals surface area (Å²) >= 11 is 1.38. The fourth-order valence-electron chi connectivity index (χ4n) is 4.27. The number of hydrogen-bond acceptors (Lipinski definition) is 8. The minimum absolute atomic E-state index is 0.115. The number of carbonyl (C=O) groups is 2. The van der Waals surface area contributed by atoms with E-state index in [1.165, 1.54) is 11.3 Å². The highest BCUT2D eigenvalue weighted by Crippen LogP contribution is 2.18. The first-order chi connectivity index (χ1) is 20.3. The van der Waals surface area contributed by atoms with Gasteiger partial charge in [-0.2, -0.15) is 0 Å². The van der Waals surface area contributed by atoms with Gasteiger partial charge in [0.1, 0.15) is 16.7 Å². The third-order valence-electron chi connectivity index (χ3n) is 6.42. The molecule has 2 aromatic heterocycles. The number of amides is 2. The van der Waals surface area contributed by atoms with Crippen LogP contribution in [0.3, 0.4) is 0 Å². The van der Waals surface area contributed by atoms with Gasteiger partial charge >= 0.3 is 0 Å². The summed E-state index contributed by atoms with van der Waals surface area (Å²) in [5.74, 6) is 0.871. The summed E-state index contributed by atoms with van der Waals surface area (Å²) in [5, 5.41) is 15.1. The van der Waals surface area contributed by atoms with Crippen LogP contribution >= 0.6 is 11.3 Å². The number of allylic oxidation sites excluding steroid dienone is 3. The summed E-state index contributed by atoms with van der Waals surface area (Å²) in [6, 6.07) is 17.5. The van der Waals surface area contributed by atoms with Crippen molar-refractivity contribution in [3.8, 4) is 0 Å². The molecule has 11 heteroatoms. The molecule has 10 nitrogen and oxygen atoms in total. The molecule has 2 aromatic carbocycles. The van der Waals surface area contributed by atoms with E-state index in [1.54, 1.807) is 18.3 Å². The first-order valence-electron chi connectivity index (χ1n) is 13.8. The quantitative estimate of drug-likeness (QED) is 0.129. The number of benzene rings is 2. The predicted molar refractivity (Wildman–Crippen MR) is 165 cm³/mol. The maximum atomic E-state index is 12.5. The smallest absolute Gasteiger partial charge is 0.230 e. The van der Waals surface area contributed by atoms with Gasteiger partial charge in [-0.3, -0.25) is 9.59 Å². The van der Waals surface area contributed by atoms with Crippen LogP contribution < -0.4 is 22.1 Å². The van der Waals surface area contributed by atoms with Gasteiger partial charge < -0.3 is 26.7 Å². The highest BCUT2D eigenvalue weighted by molar-refractivity contribution is 7.15. The van der Waals surface area contributed by atoms with Gasteiger partial charge in [0.2, 0.25) is 16.9 Å². The minimum atomic E-state index is -0.195. The zero-order chi connectivity index (χ0) is 29.7. The summed E-state index contributed by atoms with van der Waals surface area (Å²) in [7, 11) is 0. The Balaban J connectivity index is 1.14. The molecule has 0 aliphatic rings. The van der Waals surface area contributed by atoms with Gasteiger partial charge in [-0.25, -0.2) is 4.98 Å². The summed E-state index contributed by atoms with van der Waals surface area (Å²) in [6.07, 6.45) is 10.7. The molecule has 0 fully saturated rings. The zero-order valence-electron chi connectivity index (χ0n) is 23.6. The SMILES string of the molecule is Cc1nccn1Cc1cccc(CC(=O)N/C(N)=C/C=C(\N)CCCCc2nnc(NC(=O)Cc3ccccc3)s2)c1. The zero-order valence-corrected chi connectivity index (χ0v) is 24.4. The molecular formula is C31H36N8O2S. The van der Waals surface area contributed by atoms with Crippen LogP contribution in [0.25, 0.3) is 0 Å². The first-order valence-corrected chi connectivity index (χ1v) is 14.6. The molecule has 0 aliphatic carbocycles. The molecule has 6 N–H and O–H groups in total. The molecule has 0 saturated heterocycles. The number of anilines is 1. The van der Waals surface area contributed by atoms with Crippen molar-refractivity contribution < 1.29 is 9.59 Å². The largest absolute Gasteiger partial charge is 0.402 e. The van der Waals surface area contributed by atoms with Crippen LogP contribution in [-0.4, -0.2) is 31.6 Å². The Bertz CT molecular complexity index is 1540. The lowest BCUT2D eigenvalue weighted by Crippen LogP contribution is -2.28. The molecule has 4 aromatic rings. The second-order valence-electron chi connectivity index (χ2n) is 9.93. The Hall–Kier alpha value is -4.77. The van der Waals surface area contributed by atoms with Gasteiger partial charge in [0.25, 0.3) is 0 Å². The van der Waals surface area contributed by atoms with Crippen LogP contribution in [0.4, 0.5) is 5.13 Å². The van der Waals surface area contributed by atoms with Crippen molar-refractivity contribution in [2.45, 2.75) is 52.0 Å². The van der Waals surface area contributed by atoms with Crippen LogP contribution in [0, 0.1) is 6.92 Å². The Kier molecular flexibility index (Phi) is 11.0. The summed E-state index contributed by atoms with van der Waals surface area (Å²) in [5.41, 5.74) is 15.7. The molecule has 0 saturated carbocycles. The Morgan fingerprint density at radius 2 is 1.69 bits per heavy atom. The molecule has 2 amide bonds. The number of imidazole rings is 1. The second kappa shape index (κ2) is 15.3. The first kappa shape index (κ1) is 30.2. The average molecular weight is 585 g/mol. The molecule has 4 rings (SSSR count). The maximum Gasteiger partial charge on any atom is 0.230 e. The van der Waals surface area contributed by atoms with E-state index in [2.05, 4.69) is 30.4 Å². The van der Waals surface area contributed by atoms with Gasteiger partial charge in [0.05, 0.1) is 12.8 Å². The van der Waals surface area contributed by atoms with Gasteiger partial charge in [-0.1, -0.05) is 65.9 Å². The molecular weight excluding hydrogens is 548 g/mol. The molecule has 42 heavy (non-hydrogen) atoms. The van der Waals surface area contributed by atoms with E-state index in [-0.39, 0.29) is 24.1 Å². The third kappa shape index (κ3) is 10.0. The fraction of sp³-hybridized carbons (Fsp3) is 0.258. The van der Waals surface area contributed by atoms with Crippen molar-refractivity contribution in [1.82, 2.24) is 25.1 Å². The van der Waals surface area contributed by atoms with Crippen LogP contribution in [0.5, 0.6) is 0 Å². The average Bonchev–Trinajstić information content (AvgIpc) is 3.58. The monoisotopic (exact) mass is 584 g/mol. The molecule has 0 radical (unpaired) electrons. The fourth-order valence-corrected chi connectivity index (χ4v) is 5.07. The Morgan fingerprint density at radius 3 is 2.48 bits per heavy atom. The minimum Gasteiger partial charge on any atom is -0.402 e. The molecule has 0 bridgehead atoms. The Labute approximate surface area is 249 Å². The Morgan fingerprint density at radius 1 is 0.929 bits per heavy atom. The van der Waals surface area contributed by atoms with E-state index >= 15 is 0 Å². The number of nitrogens with one attached hydrogen (secondary N) is 2. The third-order valence-corrected chi connectivity index (χ3v) is 7.32. The lowest BCUT2D eigenvalue weighted by Gasteiger charge is -2.08. The number of hydrogen-bond donors (Lipinski definition) is 4. The number of carbonyl (C=O) groups excluding carboxylic acids is 2. The van der Waals surface area contributed by atoms with Crippen molar-refractivity contribution in [3.63, 3.8) is 0 Å². The molecule has 0 unspecified atom stereocenters. The predicted octanol–water partition coefficient (Wildman–Crippen LogP) is 3.99. The summed E-state index contributed by atoms with van der Waals surface area (Å²) in [6.45, 7) is 2.66. The van der Waals surface area contributed by atoms with E-state index in [0.29, 0.717) is 30.2 Å². The highest BCUT2D eigenvalue weighted by atomic mass is 32.1. The van der Waals surface area contributed by atoms with E-state index in [9.17, 15) is 9.59 Å². The molecule has 218 valence electrons. The summed E-state index contributed by atoms with van der Waals surface area (Å²) < 4.78 is 2.05. The van der Waals surface area contributed by atoms with Crippen LogP contribution in [0.2, 0.25) is 0 Å². The van der Waals surface area contributed by atoms with Crippen molar-refractivity contribution in [1.29, 1.82) is 0 Å². The molecule has 0 atom stereocenters. The molecule has 0 aliphatic heterocycles. The molecule has 0 spiro atoms. The van der Waals surface area contributed by atoms with Crippen LogP contribution in [0.1, 0.15) is 46.8 Å². The number of unbranched alkanes of at least 4 members (excludes halogenated alkanes) is 1. The molecule has 2 heterocycles. The van der Waals surface area contributed by atoms with Crippen molar-refractivity contribution >= 4 is 28.3 Å². The van der Waals surface area contributed by atoms with Gasteiger partial charge in [-0.15, -0.1) is 10.2 Å². The van der Waals surface area contributed by atoms with E-state index in [0.717, 1.165) is 46.8 Å². The topological polar surface area (TPSA) is 154 Å². The van der Waals surface area contributed by atoms with Crippen molar-refractivity contribution in [2.75, 3.05) is 5.32 Å². The van der Waals surface area contributed by atoms with E-state index in [4.69, 9.17) is 11.5 Å². The lowest BCUT2D eigenvalue weighted by atomic mass is 10.1. The number of rotatable bonds is 14. The lowest BCUT2D eigenvalue weighted by molar-refractivity contribution is -0.119. The number of nitrogens with zero attached hydrogens (tertiary/aromatic N) is 4. The van der Waals surface area contributed by atoms with Gasteiger partial charge in [0.15, 0.2) is 0 Å². The standard InChI is InChI=1S/C31H36N8O2S/c1-22-34-16-17-39(22)21-25-11-7-10-24(18-25)20-28(40)35-27(33)15-14-26(32)12-5-6-13-30-37-38-31(42-30)36-29(41)19-23-8-3-2-4-9-23/h2-4,7-11,14-18H,5-6,12-13,19-21,32-33H2,1H3,(H,35,40)(H,36,38,41)/b26-14-,27-15+. The van der Waals surface area contributed by atoms with E-state index in [1.807, 2.05) is 67.7 Å². The number of aromatic nitrogens is 4. The van der Waals surface area contributed by atoms with Gasteiger partial charge in [-0.05, 0) is 55.0 Å². The summed E-state index contributed by atoms with van der Waals surface area (Å²) in [4.78, 5) is 29.0. The van der Waals surface area contributed by atoms with Crippen LogP contribution in [-0.2, 0) is 35.4 Å². The highest BCUT2D eigenvalue weighted by Gasteiger charge is 2.09.